The highest BCUT2D eigenvalue weighted by Crippen LogP contribution is 2.19. The zero-order valence-electron chi connectivity index (χ0n) is 13.1. The van der Waals surface area contributed by atoms with Crippen LogP contribution in [-0.4, -0.2) is 26.5 Å². The van der Waals surface area contributed by atoms with Crippen LogP contribution in [0.1, 0.15) is 6.42 Å². The van der Waals surface area contributed by atoms with Crippen LogP contribution in [0.3, 0.4) is 0 Å². The zero-order valence-corrected chi connectivity index (χ0v) is 13.8. The number of carbonyl (C=O) groups is 1. The SMILES string of the molecule is CN(C)c1ccc(NC(=O)CCNc2ccc(F)c(Cl)c2)cc1. The predicted molar refractivity (Wildman–Crippen MR) is 93.9 cm³/mol. The van der Waals surface area contributed by atoms with Crippen molar-refractivity contribution in [2.24, 2.45) is 0 Å². The van der Waals surface area contributed by atoms with Gasteiger partial charge in [0.05, 0.1) is 5.02 Å². The van der Waals surface area contributed by atoms with Gasteiger partial charge in [0.2, 0.25) is 5.91 Å². The standard InChI is InChI=1S/C17H19ClFN3O/c1-22(2)14-6-3-12(4-7-14)21-17(23)9-10-20-13-5-8-16(19)15(18)11-13/h3-8,11,20H,9-10H2,1-2H3,(H,21,23). The number of benzene rings is 2. The molecule has 1 amide bonds. The van der Waals surface area contributed by atoms with E-state index in [4.69, 9.17) is 11.6 Å². The molecule has 0 aliphatic rings. The fourth-order valence-electron chi connectivity index (χ4n) is 1.99. The van der Waals surface area contributed by atoms with Crippen LogP contribution in [0.4, 0.5) is 21.5 Å². The molecule has 2 aromatic carbocycles. The predicted octanol–water partition coefficient (Wildman–Crippen LogP) is 3.99. The lowest BCUT2D eigenvalue weighted by Crippen LogP contribution is -2.16. The second-order valence-electron chi connectivity index (χ2n) is 5.30. The van der Waals surface area contributed by atoms with E-state index in [0.29, 0.717) is 18.7 Å². The summed E-state index contributed by atoms with van der Waals surface area (Å²) in [4.78, 5) is 13.9. The van der Waals surface area contributed by atoms with Crippen LogP contribution in [0, 0.1) is 5.82 Å². The summed E-state index contributed by atoms with van der Waals surface area (Å²) in [5, 5.41) is 5.92. The molecule has 0 fully saturated rings. The van der Waals surface area contributed by atoms with Crippen molar-refractivity contribution in [2.75, 3.05) is 36.2 Å². The van der Waals surface area contributed by atoms with E-state index in [0.717, 1.165) is 11.4 Å². The van der Waals surface area contributed by atoms with Gasteiger partial charge in [-0.2, -0.15) is 0 Å². The van der Waals surface area contributed by atoms with Gasteiger partial charge in [-0.15, -0.1) is 0 Å². The fraction of sp³-hybridized carbons (Fsp3) is 0.235. The van der Waals surface area contributed by atoms with E-state index in [9.17, 15) is 9.18 Å². The molecule has 0 spiro atoms. The minimum absolute atomic E-state index is 0.0560. The summed E-state index contributed by atoms with van der Waals surface area (Å²) < 4.78 is 13.0. The number of nitrogens with zero attached hydrogens (tertiary/aromatic N) is 1. The van der Waals surface area contributed by atoms with Crippen molar-refractivity contribution in [1.82, 2.24) is 0 Å². The first kappa shape index (κ1) is 17.1. The number of halogens is 2. The Hall–Kier alpha value is -2.27. The fourth-order valence-corrected chi connectivity index (χ4v) is 2.17. The van der Waals surface area contributed by atoms with Crippen molar-refractivity contribution in [3.05, 3.63) is 53.3 Å². The van der Waals surface area contributed by atoms with Crippen LogP contribution >= 0.6 is 11.6 Å². The summed E-state index contributed by atoms with van der Waals surface area (Å²) in [6.07, 6.45) is 0.296. The summed E-state index contributed by atoms with van der Waals surface area (Å²) in [5.41, 5.74) is 2.50. The third-order valence-corrected chi connectivity index (χ3v) is 3.56. The lowest BCUT2D eigenvalue weighted by atomic mass is 10.2. The first-order chi connectivity index (χ1) is 11.0. The number of hydrogen-bond donors (Lipinski definition) is 2. The van der Waals surface area contributed by atoms with Crippen LogP contribution in [0.25, 0.3) is 0 Å². The van der Waals surface area contributed by atoms with Crippen molar-refractivity contribution < 1.29 is 9.18 Å². The Bertz CT molecular complexity index is 674. The Morgan fingerprint density at radius 1 is 1.13 bits per heavy atom. The minimum atomic E-state index is -0.462. The molecular formula is C17H19ClFN3O. The molecule has 0 aliphatic carbocycles. The third kappa shape index (κ3) is 5.14. The summed E-state index contributed by atoms with van der Waals surface area (Å²) in [6, 6.07) is 12.0. The highest BCUT2D eigenvalue weighted by molar-refractivity contribution is 6.31. The Balaban J connectivity index is 1.79. The van der Waals surface area contributed by atoms with Crippen molar-refractivity contribution in [3.63, 3.8) is 0 Å². The van der Waals surface area contributed by atoms with Gasteiger partial charge in [0.15, 0.2) is 0 Å². The van der Waals surface area contributed by atoms with Gasteiger partial charge in [-0.1, -0.05) is 11.6 Å². The maximum Gasteiger partial charge on any atom is 0.226 e. The van der Waals surface area contributed by atoms with Gasteiger partial charge in [0.25, 0.3) is 0 Å². The number of carbonyl (C=O) groups excluding carboxylic acids is 1. The first-order valence-electron chi connectivity index (χ1n) is 7.22. The summed E-state index contributed by atoms with van der Waals surface area (Å²) in [7, 11) is 3.92. The molecule has 2 rings (SSSR count). The van der Waals surface area contributed by atoms with Gasteiger partial charge in [0.1, 0.15) is 5.82 Å². The second-order valence-corrected chi connectivity index (χ2v) is 5.70. The number of anilines is 3. The number of rotatable bonds is 6. The molecule has 0 radical (unpaired) electrons. The van der Waals surface area contributed by atoms with Crippen LogP contribution in [-0.2, 0) is 4.79 Å². The molecule has 0 atom stereocenters. The van der Waals surface area contributed by atoms with Crippen LogP contribution in [0.5, 0.6) is 0 Å². The molecule has 122 valence electrons. The third-order valence-electron chi connectivity index (χ3n) is 3.27. The van der Waals surface area contributed by atoms with E-state index >= 15 is 0 Å². The molecule has 0 heterocycles. The lowest BCUT2D eigenvalue weighted by molar-refractivity contribution is -0.115. The minimum Gasteiger partial charge on any atom is -0.384 e. The molecule has 23 heavy (non-hydrogen) atoms. The molecule has 0 saturated heterocycles. The zero-order chi connectivity index (χ0) is 16.8. The molecule has 2 aromatic rings. The maximum absolute atomic E-state index is 13.0. The highest BCUT2D eigenvalue weighted by atomic mass is 35.5. The Morgan fingerprint density at radius 2 is 1.78 bits per heavy atom. The van der Waals surface area contributed by atoms with Crippen molar-refractivity contribution >= 4 is 34.6 Å². The van der Waals surface area contributed by atoms with Gasteiger partial charge in [0, 0.05) is 44.1 Å². The van der Waals surface area contributed by atoms with Crippen molar-refractivity contribution in [3.8, 4) is 0 Å². The van der Waals surface area contributed by atoms with Crippen molar-refractivity contribution in [1.29, 1.82) is 0 Å². The van der Waals surface area contributed by atoms with E-state index in [1.807, 2.05) is 43.3 Å². The number of amides is 1. The normalized spacial score (nSPS) is 10.3. The van der Waals surface area contributed by atoms with Gasteiger partial charge < -0.3 is 15.5 Å². The monoisotopic (exact) mass is 335 g/mol. The average molecular weight is 336 g/mol. The molecule has 0 saturated carbocycles. The van der Waals surface area contributed by atoms with Gasteiger partial charge in [-0.3, -0.25) is 4.79 Å². The van der Waals surface area contributed by atoms with Gasteiger partial charge in [-0.25, -0.2) is 4.39 Å². The summed E-state index contributed by atoms with van der Waals surface area (Å²) in [5.74, 6) is -0.556. The molecule has 2 N–H and O–H groups in total. The van der Waals surface area contributed by atoms with E-state index in [1.165, 1.54) is 12.1 Å². The summed E-state index contributed by atoms with van der Waals surface area (Å²) >= 11 is 5.70. The first-order valence-corrected chi connectivity index (χ1v) is 7.59. The largest absolute Gasteiger partial charge is 0.384 e. The number of nitrogens with one attached hydrogen (secondary N) is 2. The van der Waals surface area contributed by atoms with E-state index in [1.54, 1.807) is 6.07 Å². The van der Waals surface area contributed by atoms with E-state index in [-0.39, 0.29) is 10.9 Å². The molecular weight excluding hydrogens is 317 g/mol. The van der Waals surface area contributed by atoms with Crippen LogP contribution < -0.4 is 15.5 Å². The van der Waals surface area contributed by atoms with E-state index in [2.05, 4.69) is 10.6 Å². The average Bonchev–Trinajstić information content (AvgIpc) is 2.51. The molecule has 4 nitrogen and oxygen atoms in total. The topological polar surface area (TPSA) is 44.4 Å². The van der Waals surface area contributed by atoms with Crippen LogP contribution in [0.15, 0.2) is 42.5 Å². The van der Waals surface area contributed by atoms with Crippen molar-refractivity contribution in [2.45, 2.75) is 6.42 Å². The molecule has 0 aliphatic heterocycles. The van der Waals surface area contributed by atoms with Crippen LogP contribution in [0.2, 0.25) is 5.02 Å². The Morgan fingerprint density at radius 3 is 2.39 bits per heavy atom. The Kier molecular flexibility index (Phi) is 5.82. The lowest BCUT2D eigenvalue weighted by Gasteiger charge is -2.13. The maximum atomic E-state index is 13.0. The second kappa shape index (κ2) is 7.83. The summed E-state index contributed by atoms with van der Waals surface area (Å²) in [6.45, 7) is 0.434. The smallest absolute Gasteiger partial charge is 0.226 e. The molecule has 0 bridgehead atoms. The van der Waals surface area contributed by atoms with Gasteiger partial charge in [-0.05, 0) is 42.5 Å². The quantitative estimate of drug-likeness (QED) is 0.839. The van der Waals surface area contributed by atoms with E-state index < -0.39 is 5.82 Å². The Labute approximate surface area is 140 Å². The highest BCUT2D eigenvalue weighted by Gasteiger charge is 2.04. The van der Waals surface area contributed by atoms with Gasteiger partial charge >= 0.3 is 0 Å². The number of hydrogen-bond acceptors (Lipinski definition) is 3. The molecule has 6 heteroatoms. The molecule has 0 unspecified atom stereocenters. The molecule has 0 aromatic heterocycles.